The van der Waals surface area contributed by atoms with Gasteiger partial charge in [0.15, 0.2) is 5.78 Å². The first-order chi connectivity index (χ1) is 13.0. The van der Waals surface area contributed by atoms with Crippen LogP contribution < -0.4 is 5.46 Å². The summed E-state index contributed by atoms with van der Waals surface area (Å²) >= 11 is 1.69. The molecule has 1 aromatic carbocycles. The Kier molecular flexibility index (Phi) is 13.6. The van der Waals surface area contributed by atoms with Crippen molar-refractivity contribution in [2.24, 2.45) is 0 Å². The summed E-state index contributed by atoms with van der Waals surface area (Å²) in [6.07, 6.45) is 11.8. The van der Waals surface area contributed by atoms with Crippen LogP contribution in [0.1, 0.15) is 68.1 Å². The fraction of sp³-hybridized carbons (Fsp3) is 0.667. The minimum atomic E-state index is -1.48. The zero-order chi connectivity index (χ0) is 19.9. The summed E-state index contributed by atoms with van der Waals surface area (Å²) in [7, 11) is 2.79. The Morgan fingerprint density at radius 1 is 0.889 bits per heavy atom. The molecule has 0 aliphatic rings. The molecule has 0 saturated carbocycles. The van der Waals surface area contributed by atoms with E-state index in [9.17, 15) is 4.79 Å². The van der Waals surface area contributed by atoms with Crippen LogP contribution in [-0.2, 0) is 0 Å². The number of nitrogens with zero attached hydrogens (tertiary/aromatic N) is 1. The number of Topliss-reactive ketones (excluding diaryl/α,β-unsaturated/α-hetero) is 1. The van der Waals surface area contributed by atoms with Gasteiger partial charge in [0, 0.05) is 5.56 Å². The highest BCUT2D eigenvalue weighted by Gasteiger charge is 2.12. The summed E-state index contributed by atoms with van der Waals surface area (Å²) in [6.45, 7) is 1.21. The van der Waals surface area contributed by atoms with Crippen molar-refractivity contribution in [3.63, 3.8) is 0 Å². The molecular weight excluding hydrogens is 357 g/mol. The van der Waals surface area contributed by atoms with Crippen molar-refractivity contribution in [1.82, 2.24) is 4.90 Å². The number of carbonyl (C=O) groups is 1. The number of ketones is 1. The number of hydrogen-bond donors (Lipinski definition) is 2. The molecule has 0 atom stereocenters. The fourth-order valence-electron chi connectivity index (χ4n) is 2.96. The molecule has 1 rings (SSSR count). The summed E-state index contributed by atoms with van der Waals surface area (Å²) in [5.74, 6) is 1.63. The van der Waals surface area contributed by atoms with Crippen LogP contribution in [0.4, 0.5) is 0 Å². The number of carbonyl (C=O) groups excluding carboxylic acids is 1. The monoisotopic (exact) mass is 393 g/mol. The smallest absolute Gasteiger partial charge is 0.423 e. The Labute approximate surface area is 169 Å². The summed E-state index contributed by atoms with van der Waals surface area (Å²) in [5, 5.41) is 18.1. The zero-order valence-corrected chi connectivity index (χ0v) is 17.8. The Hall–Kier alpha value is -0.815. The first-order valence-electron chi connectivity index (χ1n) is 10.2. The highest BCUT2D eigenvalue weighted by Crippen LogP contribution is 2.13. The lowest BCUT2D eigenvalue weighted by Crippen LogP contribution is -2.29. The van der Waals surface area contributed by atoms with Gasteiger partial charge in [-0.05, 0) is 44.7 Å². The third-order valence-corrected chi connectivity index (χ3v) is 5.70. The molecule has 0 saturated heterocycles. The average Bonchev–Trinajstić information content (AvgIpc) is 2.65. The van der Waals surface area contributed by atoms with Crippen LogP contribution >= 0.6 is 11.8 Å². The van der Waals surface area contributed by atoms with E-state index in [1.807, 2.05) is 0 Å². The molecule has 0 aliphatic carbocycles. The molecule has 0 radical (unpaired) electrons. The Bertz CT molecular complexity index is 509. The van der Waals surface area contributed by atoms with Crippen LogP contribution in [0.5, 0.6) is 0 Å². The van der Waals surface area contributed by atoms with Gasteiger partial charge >= 0.3 is 7.12 Å². The van der Waals surface area contributed by atoms with Gasteiger partial charge < -0.3 is 14.9 Å². The van der Waals surface area contributed by atoms with Gasteiger partial charge in [-0.2, -0.15) is 11.8 Å². The third-order valence-electron chi connectivity index (χ3n) is 4.66. The van der Waals surface area contributed by atoms with Crippen LogP contribution in [-0.4, -0.2) is 60.0 Å². The second-order valence-electron chi connectivity index (χ2n) is 7.46. The van der Waals surface area contributed by atoms with Gasteiger partial charge in [-0.15, -0.1) is 0 Å². The lowest BCUT2D eigenvalue weighted by atomic mass is 9.80. The first kappa shape index (κ1) is 24.2. The van der Waals surface area contributed by atoms with Gasteiger partial charge in [-0.1, -0.05) is 69.2 Å². The molecule has 0 amide bonds. The van der Waals surface area contributed by atoms with E-state index in [4.69, 9.17) is 10.0 Å². The van der Waals surface area contributed by atoms with E-state index in [0.29, 0.717) is 16.8 Å². The predicted molar refractivity (Wildman–Crippen MR) is 118 cm³/mol. The maximum Gasteiger partial charge on any atom is 0.488 e. The molecule has 27 heavy (non-hydrogen) atoms. The van der Waals surface area contributed by atoms with Crippen molar-refractivity contribution in [1.29, 1.82) is 0 Å². The second-order valence-corrected chi connectivity index (χ2v) is 8.56. The minimum Gasteiger partial charge on any atom is -0.423 e. The van der Waals surface area contributed by atoms with Gasteiger partial charge in [0.25, 0.3) is 0 Å². The molecule has 0 bridgehead atoms. The van der Waals surface area contributed by atoms with E-state index in [1.54, 1.807) is 36.0 Å². The molecule has 0 fully saturated rings. The average molecular weight is 393 g/mol. The molecule has 2 N–H and O–H groups in total. The van der Waals surface area contributed by atoms with Crippen molar-refractivity contribution < 1.29 is 14.8 Å². The molecule has 0 heterocycles. The maximum atomic E-state index is 12.1. The van der Waals surface area contributed by atoms with Gasteiger partial charge in [0.1, 0.15) is 0 Å². The standard InChI is InChI=1S/C21H36BNO3S/c1-23(2)16-10-8-6-4-3-5-7-9-11-17-27-18-21(24)19-12-14-20(15-13-19)22(25)26/h12-15,25-26H,3-11,16-18H2,1-2H3. The van der Waals surface area contributed by atoms with Gasteiger partial charge in [-0.25, -0.2) is 0 Å². The van der Waals surface area contributed by atoms with Gasteiger partial charge in [0.2, 0.25) is 0 Å². The Balaban J connectivity index is 1.93. The fourth-order valence-corrected chi connectivity index (χ4v) is 3.86. The van der Waals surface area contributed by atoms with E-state index >= 15 is 0 Å². The summed E-state index contributed by atoms with van der Waals surface area (Å²) < 4.78 is 0. The van der Waals surface area contributed by atoms with Gasteiger partial charge in [0.05, 0.1) is 5.75 Å². The topological polar surface area (TPSA) is 60.8 Å². The van der Waals surface area contributed by atoms with Crippen LogP contribution in [0.25, 0.3) is 0 Å². The molecule has 152 valence electrons. The number of unbranched alkanes of at least 4 members (excludes halogenated alkanes) is 8. The third kappa shape index (κ3) is 12.3. The second kappa shape index (κ2) is 15.1. The summed E-state index contributed by atoms with van der Waals surface area (Å²) in [6, 6.07) is 6.51. The van der Waals surface area contributed by atoms with E-state index in [1.165, 1.54) is 64.3 Å². The minimum absolute atomic E-state index is 0.105. The van der Waals surface area contributed by atoms with Crippen molar-refractivity contribution in [2.75, 3.05) is 32.1 Å². The van der Waals surface area contributed by atoms with E-state index < -0.39 is 7.12 Å². The number of benzene rings is 1. The van der Waals surface area contributed by atoms with E-state index in [2.05, 4.69) is 19.0 Å². The predicted octanol–water partition coefficient (Wildman–Crippen LogP) is 3.35. The molecule has 0 aromatic heterocycles. The van der Waals surface area contributed by atoms with Crippen molar-refractivity contribution in [3.8, 4) is 0 Å². The molecule has 1 aromatic rings. The van der Waals surface area contributed by atoms with Crippen molar-refractivity contribution in [2.45, 2.75) is 57.8 Å². The summed E-state index contributed by atoms with van der Waals surface area (Å²) in [4.78, 5) is 14.4. The SMILES string of the molecule is CN(C)CCCCCCCCCCCSCC(=O)c1ccc(B(O)O)cc1. The highest BCUT2D eigenvalue weighted by atomic mass is 32.2. The van der Waals surface area contributed by atoms with Gasteiger partial charge in [-0.3, -0.25) is 4.79 Å². The van der Waals surface area contributed by atoms with Crippen molar-refractivity contribution in [3.05, 3.63) is 29.8 Å². The Morgan fingerprint density at radius 3 is 1.93 bits per heavy atom. The normalized spacial score (nSPS) is 11.1. The molecule has 6 heteroatoms. The zero-order valence-electron chi connectivity index (χ0n) is 17.0. The first-order valence-corrected chi connectivity index (χ1v) is 11.4. The summed E-state index contributed by atoms with van der Waals surface area (Å²) in [5.41, 5.74) is 1.05. The Morgan fingerprint density at radius 2 is 1.41 bits per heavy atom. The maximum absolute atomic E-state index is 12.1. The number of hydrogen-bond acceptors (Lipinski definition) is 5. The van der Waals surface area contributed by atoms with Crippen LogP contribution in [0.15, 0.2) is 24.3 Å². The molecule has 4 nitrogen and oxygen atoms in total. The van der Waals surface area contributed by atoms with E-state index in [0.717, 1.165) is 5.75 Å². The van der Waals surface area contributed by atoms with E-state index in [-0.39, 0.29) is 5.78 Å². The molecule has 0 unspecified atom stereocenters. The number of thioether (sulfide) groups is 1. The lowest BCUT2D eigenvalue weighted by molar-refractivity contribution is 0.102. The van der Waals surface area contributed by atoms with Crippen LogP contribution in [0.2, 0.25) is 0 Å². The number of rotatable bonds is 16. The van der Waals surface area contributed by atoms with Crippen LogP contribution in [0.3, 0.4) is 0 Å². The largest absolute Gasteiger partial charge is 0.488 e. The quantitative estimate of drug-likeness (QED) is 0.256. The molecule has 0 spiro atoms. The molecule has 0 aliphatic heterocycles. The van der Waals surface area contributed by atoms with Crippen molar-refractivity contribution >= 4 is 30.1 Å². The lowest BCUT2D eigenvalue weighted by Gasteiger charge is -2.08. The molecular formula is C21H36BNO3S. The highest BCUT2D eigenvalue weighted by molar-refractivity contribution is 7.99. The van der Waals surface area contributed by atoms with Crippen LogP contribution in [0, 0.1) is 0 Å².